The Kier molecular flexibility index (Phi) is 8.51. The summed E-state index contributed by atoms with van der Waals surface area (Å²) < 4.78 is 10.6. The molecular weight excluding hydrogens is 250 g/mol. The second-order valence-corrected chi connectivity index (χ2v) is 5.57. The molecule has 0 aliphatic carbocycles. The van der Waals surface area contributed by atoms with Crippen molar-refractivity contribution in [1.82, 2.24) is 5.32 Å². The summed E-state index contributed by atoms with van der Waals surface area (Å²) in [5, 5.41) is 3.54. The minimum atomic E-state index is 0.500. The topological polar surface area (TPSA) is 30.5 Å². The van der Waals surface area contributed by atoms with E-state index in [-0.39, 0.29) is 0 Å². The van der Waals surface area contributed by atoms with Gasteiger partial charge < -0.3 is 14.8 Å². The van der Waals surface area contributed by atoms with Gasteiger partial charge >= 0.3 is 0 Å². The molecule has 0 fully saturated rings. The van der Waals surface area contributed by atoms with Gasteiger partial charge in [-0.3, -0.25) is 0 Å². The first-order chi connectivity index (χ1) is 9.63. The van der Waals surface area contributed by atoms with Crippen molar-refractivity contribution in [3.8, 4) is 0 Å². The van der Waals surface area contributed by atoms with Crippen molar-refractivity contribution in [2.75, 3.05) is 33.5 Å². The second-order valence-electron chi connectivity index (χ2n) is 5.57. The van der Waals surface area contributed by atoms with Crippen molar-refractivity contribution in [1.29, 1.82) is 0 Å². The highest BCUT2D eigenvalue weighted by molar-refractivity contribution is 5.25. The molecule has 1 unspecified atom stereocenters. The maximum Gasteiger partial charge on any atom is 0.0700 e. The largest absolute Gasteiger partial charge is 0.382 e. The average Bonchev–Trinajstić information content (AvgIpc) is 2.41. The number of hydrogen-bond donors (Lipinski definition) is 1. The van der Waals surface area contributed by atoms with E-state index in [9.17, 15) is 0 Å². The van der Waals surface area contributed by atoms with Crippen LogP contribution in [0.25, 0.3) is 0 Å². The highest BCUT2D eigenvalue weighted by Gasteiger charge is 2.12. The lowest BCUT2D eigenvalue weighted by molar-refractivity contribution is 0.0669. The molecule has 0 heterocycles. The molecule has 1 rings (SSSR count). The van der Waals surface area contributed by atoms with E-state index in [2.05, 4.69) is 50.4 Å². The monoisotopic (exact) mass is 279 g/mol. The molecule has 0 aliphatic heterocycles. The molecule has 0 saturated heterocycles. The zero-order valence-corrected chi connectivity index (χ0v) is 13.3. The maximum atomic E-state index is 5.61. The molecular formula is C17H29NO2. The van der Waals surface area contributed by atoms with E-state index >= 15 is 0 Å². The van der Waals surface area contributed by atoms with Gasteiger partial charge in [-0.1, -0.05) is 43.7 Å². The van der Waals surface area contributed by atoms with E-state index in [4.69, 9.17) is 9.47 Å². The molecule has 0 aromatic heterocycles. The Bertz CT molecular complexity index is 366. The third-order valence-electron chi connectivity index (χ3n) is 3.33. The first-order valence-electron chi connectivity index (χ1n) is 7.50. The highest BCUT2D eigenvalue weighted by atomic mass is 16.5. The van der Waals surface area contributed by atoms with Gasteiger partial charge in [-0.2, -0.15) is 0 Å². The fraction of sp³-hybridized carbons (Fsp3) is 0.647. The van der Waals surface area contributed by atoms with Crippen LogP contribution in [-0.4, -0.2) is 39.5 Å². The molecule has 0 bridgehead atoms. The lowest BCUT2D eigenvalue weighted by Crippen LogP contribution is -2.28. The lowest BCUT2D eigenvalue weighted by Gasteiger charge is -2.20. The Morgan fingerprint density at radius 3 is 2.60 bits per heavy atom. The van der Waals surface area contributed by atoms with Gasteiger partial charge in [0.05, 0.1) is 13.2 Å². The van der Waals surface area contributed by atoms with E-state index < -0.39 is 0 Å². The second kappa shape index (κ2) is 9.92. The number of rotatable bonds is 10. The molecule has 0 spiro atoms. The third-order valence-corrected chi connectivity index (χ3v) is 3.33. The van der Waals surface area contributed by atoms with E-state index in [1.807, 2.05) is 0 Å². The standard InChI is InChI=1S/C17H29NO2/c1-14(2)18-13-17(8-9-20-11-10-19-4)16-7-5-6-15(3)12-16/h5-7,12,14,17-18H,8-11,13H2,1-4H3. The van der Waals surface area contributed by atoms with Crippen molar-refractivity contribution in [2.45, 2.75) is 39.2 Å². The van der Waals surface area contributed by atoms with E-state index in [1.54, 1.807) is 7.11 Å². The fourth-order valence-corrected chi connectivity index (χ4v) is 2.16. The van der Waals surface area contributed by atoms with E-state index in [0.717, 1.165) is 19.6 Å². The first-order valence-corrected chi connectivity index (χ1v) is 7.50. The number of aryl methyl sites for hydroxylation is 1. The van der Waals surface area contributed by atoms with Crippen LogP contribution in [0, 0.1) is 6.92 Å². The van der Waals surface area contributed by atoms with Crippen LogP contribution in [0.4, 0.5) is 0 Å². The first kappa shape index (κ1) is 17.2. The predicted molar refractivity (Wildman–Crippen MR) is 84.4 cm³/mol. The predicted octanol–water partition coefficient (Wildman–Crippen LogP) is 3.13. The summed E-state index contributed by atoms with van der Waals surface area (Å²) in [7, 11) is 1.70. The smallest absolute Gasteiger partial charge is 0.0700 e. The zero-order chi connectivity index (χ0) is 14.8. The molecule has 114 valence electrons. The van der Waals surface area contributed by atoms with Crippen LogP contribution in [-0.2, 0) is 9.47 Å². The lowest BCUT2D eigenvalue weighted by atomic mass is 9.94. The molecule has 3 nitrogen and oxygen atoms in total. The normalized spacial score (nSPS) is 12.8. The average molecular weight is 279 g/mol. The summed E-state index contributed by atoms with van der Waals surface area (Å²) >= 11 is 0. The van der Waals surface area contributed by atoms with Crippen LogP contribution in [0.3, 0.4) is 0 Å². The number of methoxy groups -OCH3 is 1. The molecule has 20 heavy (non-hydrogen) atoms. The zero-order valence-electron chi connectivity index (χ0n) is 13.3. The van der Waals surface area contributed by atoms with E-state index in [1.165, 1.54) is 11.1 Å². The highest BCUT2D eigenvalue weighted by Crippen LogP contribution is 2.20. The van der Waals surface area contributed by atoms with Gasteiger partial charge in [0.15, 0.2) is 0 Å². The van der Waals surface area contributed by atoms with Crippen molar-refractivity contribution in [3.05, 3.63) is 35.4 Å². The number of hydrogen-bond acceptors (Lipinski definition) is 3. The summed E-state index contributed by atoms with van der Waals surface area (Å²) in [5.74, 6) is 0.500. The van der Waals surface area contributed by atoms with Gasteiger partial charge in [0.25, 0.3) is 0 Å². The summed E-state index contributed by atoms with van der Waals surface area (Å²) in [6.07, 6.45) is 1.03. The van der Waals surface area contributed by atoms with Crippen molar-refractivity contribution < 1.29 is 9.47 Å². The van der Waals surface area contributed by atoms with Gasteiger partial charge in [0.2, 0.25) is 0 Å². The summed E-state index contributed by atoms with van der Waals surface area (Å²) in [6, 6.07) is 9.29. The molecule has 3 heteroatoms. The Hall–Kier alpha value is -0.900. The SMILES string of the molecule is COCCOCCC(CNC(C)C)c1cccc(C)c1. The quantitative estimate of drug-likeness (QED) is 0.668. The molecule has 1 atom stereocenters. The van der Waals surface area contributed by atoms with Crippen LogP contribution in [0.1, 0.15) is 37.3 Å². The number of benzene rings is 1. The fourth-order valence-electron chi connectivity index (χ4n) is 2.16. The van der Waals surface area contributed by atoms with Gasteiger partial charge in [0, 0.05) is 26.3 Å². The van der Waals surface area contributed by atoms with Gasteiger partial charge in [-0.15, -0.1) is 0 Å². The van der Waals surface area contributed by atoms with Crippen LogP contribution in [0.2, 0.25) is 0 Å². The molecule has 0 aliphatic rings. The molecule has 1 aromatic carbocycles. The minimum absolute atomic E-state index is 0.500. The number of nitrogens with one attached hydrogen (secondary N) is 1. The number of ether oxygens (including phenoxy) is 2. The van der Waals surface area contributed by atoms with Crippen LogP contribution < -0.4 is 5.32 Å². The van der Waals surface area contributed by atoms with Gasteiger partial charge in [0.1, 0.15) is 0 Å². The third kappa shape index (κ3) is 7.04. The molecule has 1 aromatic rings. The van der Waals surface area contributed by atoms with Crippen LogP contribution in [0.15, 0.2) is 24.3 Å². The Labute approximate surface area is 123 Å². The molecule has 0 saturated carbocycles. The minimum Gasteiger partial charge on any atom is -0.382 e. The van der Waals surface area contributed by atoms with Crippen LogP contribution >= 0.6 is 0 Å². The van der Waals surface area contributed by atoms with Crippen LogP contribution in [0.5, 0.6) is 0 Å². The summed E-state index contributed by atoms with van der Waals surface area (Å²) in [6.45, 7) is 9.63. The van der Waals surface area contributed by atoms with Gasteiger partial charge in [-0.25, -0.2) is 0 Å². The van der Waals surface area contributed by atoms with E-state index in [0.29, 0.717) is 25.2 Å². The molecule has 1 N–H and O–H groups in total. The van der Waals surface area contributed by atoms with Crippen molar-refractivity contribution in [2.24, 2.45) is 0 Å². The molecule has 0 amide bonds. The van der Waals surface area contributed by atoms with Crippen molar-refractivity contribution >= 4 is 0 Å². The Morgan fingerprint density at radius 1 is 1.15 bits per heavy atom. The molecule has 0 radical (unpaired) electrons. The summed E-state index contributed by atoms with van der Waals surface area (Å²) in [4.78, 5) is 0. The Morgan fingerprint density at radius 2 is 1.95 bits per heavy atom. The maximum absolute atomic E-state index is 5.61. The van der Waals surface area contributed by atoms with Gasteiger partial charge in [-0.05, 0) is 24.8 Å². The van der Waals surface area contributed by atoms with Crippen molar-refractivity contribution in [3.63, 3.8) is 0 Å². The summed E-state index contributed by atoms with van der Waals surface area (Å²) in [5.41, 5.74) is 2.71. The Balaban J connectivity index is 2.51.